The minimum absolute atomic E-state index is 0.103. The molecule has 1 atom stereocenters. The van der Waals surface area contributed by atoms with Gasteiger partial charge >= 0.3 is 0 Å². The van der Waals surface area contributed by atoms with Gasteiger partial charge in [0.1, 0.15) is 17.0 Å². The number of furan rings is 1. The number of fused-ring (bicyclic) bond motifs is 3. The van der Waals surface area contributed by atoms with Gasteiger partial charge in [-0.25, -0.2) is 0 Å². The third-order valence-electron chi connectivity index (χ3n) is 7.25. The first-order valence-electron chi connectivity index (χ1n) is 11.8. The van der Waals surface area contributed by atoms with Crippen LogP contribution >= 0.6 is 0 Å². The number of nitrogens with zero attached hydrogens (tertiary/aromatic N) is 2. The fourth-order valence-electron chi connectivity index (χ4n) is 5.29. The van der Waals surface area contributed by atoms with Crippen LogP contribution in [0.4, 0.5) is 0 Å². The lowest BCUT2D eigenvalue weighted by atomic mass is 9.92. The maximum absolute atomic E-state index is 13.8. The maximum atomic E-state index is 13.8. The van der Waals surface area contributed by atoms with E-state index in [1.54, 1.807) is 24.3 Å². The predicted molar refractivity (Wildman–Crippen MR) is 125 cm³/mol. The summed E-state index contributed by atoms with van der Waals surface area (Å²) >= 11 is 0. The van der Waals surface area contributed by atoms with Crippen molar-refractivity contribution < 1.29 is 18.7 Å². The first-order valence-corrected chi connectivity index (χ1v) is 11.8. The number of para-hydroxylation sites is 1. The fraction of sp³-hybridized carbons (Fsp3) is 0.462. The van der Waals surface area contributed by atoms with Crippen molar-refractivity contribution in [2.45, 2.75) is 70.1 Å². The van der Waals surface area contributed by atoms with E-state index in [0.29, 0.717) is 23.6 Å². The largest absolute Gasteiger partial charge is 0.496 e. The van der Waals surface area contributed by atoms with Gasteiger partial charge in [-0.3, -0.25) is 9.59 Å². The lowest BCUT2D eigenvalue weighted by Crippen LogP contribution is -2.64. The van der Waals surface area contributed by atoms with Gasteiger partial charge in [0.05, 0.1) is 32.0 Å². The number of methoxy groups -OCH3 is 1. The van der Waals surface area contributed by atoms with Crippen LogP contribution in [0.1, 0.15) is 61.5 Å². The summed E-state index contributed by atoms with van der Waals surface area (Å²) in [5.41, 5.74) is 1.85. The van der Waals surface area contributed by atoms with E-state index >= 15 is 0 Å². The van der Waals surface area contributed by atoms with Gasteiger partial charge in [-0.1, -0.05) is 43.9 Å². The molecule has 1 aliphatic heterocycles. The van der Waals surface area contributed by atoms with Crippen LogP contribution in [0.15, 0.2) is 47.1 Å². The zero-order valence-corrected chi connectivity index (χ0v) is 19.3. The van der Waals surface area contributed by atoms with Gasteiger partial charge in [-0.2, -0.15) is 0 Å². The number of carbonyl (C=O) groups excluding carboxylic acids is 2. The molecule has 1 aliphatic carbocycles. The monoisotopic (exact) mass is 449 g/mol. The third-order valence-corrected chi connectivity index (χ3v) is 7.25. The molecule has 7 nitrogen and oxygen atoms in total. The second-order valence-electron chi connectivity index (χ2n) is 9.42. The Hall–Kier alpha value is -3.22. The molecule has 1 aromatic carbocycles. The number of ether oxygens (including phenoxy) is 1. The van der Waals surface area contributed by atoms with E-state index in [1.807, 2.05) is 41.8 Å². The molecular formula is C26H31N3O4. The van der Waals surface area contributed by atoms with Crippen molar-refractivity contribution in [1.29, 1.82) is 0 Å². The van der Waals surface area contributed by atoms with Gasteiger partial charge < -0.3 is 23.9 Å². The molecular weight excluding hydrogens is 418 g/mol. The molecule has 2 aromatic heterocycles. The Bertz CT molecular complexity index is 1170. The molecule has 0 spiro atoms. The standard InChI is InChI=1S/C26H31N3O4/c1-26(25(31)27-19-10-5-3-4-6-11-19)17-28-20-13-14-33-23(20)15-21(28)24(30)29(26)16-18-9-7-8-12-22(18)32-2/h7-9,12-15,19H,3-6,10-11,16-17H2,1-2H3,(H,27,31)/t26-/m1/s1. The fourth-order valence-corrected chi connectivity index (χ4v) is 5.29. The number of hydrogen-bond donors (Lipinski definition) is 1. The topological polar surface area (TPSA) is 76.7 Å². The van der Waals surface area contributed by atoms with Crippen LogP contribution in [-0.4, -0.2) is 40.0 Å². The first-order chi connectivity index (χ1) is 16.0. The van der Waals surface area contributed by atoms with Gasteiger partial charge in [0, 0.05) is 23.7 Å². The molecule has 1 saturated carbocycles. The zero-order chi connectivity index (χ0) is 23.0. The van der Waals surface area contributed by atoms with E-state index in [-0.39, 0.29) is 24.4 Å². The normalized spacial score (nSPS) is 21.6. The Morgan fingerprint density at radius 1 is 1.18 bits per heavy atom. The number of amides is 2. The number of carbonyl (C=O) groups is 2. The van der Waals surface area contributed by atoms with Crippen LogP contribution in [-0.2, 0) is 17.9 Å². The molecule has 0 bridgehead atoms. The number of rotatable bonds is 5. The van der Waals surface area contributed by atoms with Gasteiger partial charge in [0.15, 0.2) is 5.58 Å². The molecule has 33 heavy (non-hydrogen) atoms. The van der Waals surface area contributed by atoms with Crippen molar-refractivity contribution in [1.82, 2.24) is 14.8 Å². The summed E-state index contributed by atoms with van der Waals surface area (Å²) in [6.45, 7) is 2.52. The van der Waals surface area contributed by atoms with Crippen molar-refractivity contribution in [2.75, 3.05) is 7.11 Å². The van der Waals surface area contributed by atoms with Gasteiger partial charge in [-0.05, 0) is 25.8 Å². The predicted octanol–water partition coefficient (Wildman–Crippen LogP) is 4.50. The van der Waals surface area contributed by atoms with Gasteiger partial charge in [0.2, 0.25) is 5.91 Å². The van der Waals surface area contributed by atoms with Crippen molar-refractivity contribution in [2.24, 2.45) is 0 Å². The average molecular weight is 450 g/mol. The molecule has 0 saturated heterocycles. The van der Waals surface area contributed by atoms with Gasteiger partial charge in [0.25, 0.3) is 5.91 Å². The van der Waals surface area contributed by atoms with Crippen LogP contribution in [0.3, 0.4) is 0 Å². The highest BCUT2D eigenvalue weighted by atomic mass is 16.5. The Morgan fingerprint density at radius 2 is 1.94 bits per heavy atom. The molecule has 1 fully saturated rings. The van der Waals surface area contributed by atoms with Crippen LogP contribution in [0, 0.1) is 0 Å². The second-order valence-corrected chi connectivity index (χ2v) is 9.42. The van der Waals surface area contributed by atoms with Crippen LogP contribution in [0.5, 0.6) is 5.75 Å². The van der Waals surface area contributed by atoms with Crippen molar-refractivity contribution in [3.63, 3.8) is 0 Å². The first kappa shape index (κ1) is 21.6. The highest BCUT2D eigenvalue weighted by Gasteiger charge is 2.48. The van der Waals surface area contributed by atoms with E-state index in [0.717, 1.165) is 36.8 Å². The summed E-state index contributed by atoms with van der Waals surface area (Å²) in [6, 6.07) is 11.4. The molecule has 7 heteroatoms. The molecule has 2 aliphatic rings. The number of hydrogen-bond acceptors (Lipinski definition) is 4. The summed E-state index contributed by atoms with van der Waals surface area (Å²) in [4.78, 5) is 29.3. The molecule has 3 heterocycles. The second kappa shape index (κ2) is 8.61. The highest BCUT2D eigenvalue weighted by Crippen LogP contribution is 2.35. The molecule has 5 rings (SSSR count). The molecule has 0 radical (unpaired) electrons. The summed E-state index contributed by atoms with van der Waals surface area (Å²) in [6.07, 6.45) is 8.28. The Kier molecular flexibility index (Phi) is 5.64. The number of aromatic nitrogens is 1. The quantitative estimate of drug-likeness (QED) is 0.582. The summed E-state index contributed by atoms with van der Waals surface area (Å²) in [5.74, 6) is 0.414. The lowest BCUT2D eigenvalue weighted by Gasteiger charge is -2.44. The van der Waals surface area contributed by atoms with Crippen LogP contribution < -0.4 is 10.1 Å². The van der Waals surface area contributed by atoms with Crippen LogP contribution in [0.2, 0.25) is 0 Å². The lowest BCUT2D eigenvalue weighted by molar-refractivity contribution is -0.134. The minimum Gasteiger partial charge on any atom is -0.496 e. The third kappa shape index (κ3) is 3.79. The van der Waals surface area contributed by atoms with Crippen LogP contribution in [0.25, 0.3) is 11.1 Å². The van der Waals surface area contributed by atoms with E-state index < -0.39 is 5.54 Å². The number of nitrogens with one attached hydrogen (secondary N) is 1. The highest BCUT2D eigenvalue weighted by molar-refractivity contribution is 6.02. The van der Waals surface area contributed by atoms with Gasteiger partial charge in [-0.15, -0.1) is 0 Å². The van der Waals surface area contributed by atoms with Crippen molar-refractivity contribution in [3.05, 3.63) is 53.9 Å². The molecule has 0 unspecified atom stereocenters. The summed E-state index contributed by atoms with van der Waals surface area (Å²) in [5, 5.41) is 3.30. The van der Waals surface area contributed by atoms with Crippen molar-refractivity contribution >= 4 is 22.9 Å². The van der Waals surface area contributed by atoms with Crippen molar-refractivity contribution in [3.8, 4) is 5.75 Å². The number of benzene rings is 1. The van der Waals surface area contributed by atoms with E-state index in [2.05, 4.69) is 5.32 Å². The minimum atomic E-state index is -1.06. The van der Waals surface area contributed by atoms with E-state index in [4.69, 9.17) is 9.15 Å². The SMILES string of the molecule is COc1ccccc1CN1C(=O)c2cc3occc3n2C[C@]1(C)C(=O)NC1CCCCCC1. The Labute approximate surface area is 193 Å². The van der Waals surface area contributed by atoms with E-state index in [1.165, 1.54) is 12.8 Å². The zero-order valence-electron chi connectivity index (χ0n) is 19.3. The summed E-state index contributed by atoms with van der Waals surface area (Å²) < 4.78 is 13.0. The Balaban J connectivity index is 1.53. The molecule has 1 N–H and O–H groups in total. The molecule has 2 amide bonds. The molecule has 174 valence electrons. The smallest absolute Gasteiger partial charge is 0.271 e. The average Bonchev–Trinajstić information content (AvgIpc) is 3.31. The maximum Gasteiger partial charge on any atom is 0.271 e. The van der Waals surface area contributed by atoms with E-state index in [9.17, 15) is 9.59 Å². The Morgan fingerprint density at radius 3 is 2.70 bits per heavy atom. The summed E-state index contributed by atoms with van der Waals surface area (Å²) in [7, 11) is 1.62. The molecule has 3 aromatic rings.